The smallest absolute Gasteiger partial charge is 0.112 e. The number of nitrogen functional groups attached to an aromatic ring is 1. The number of nitrogens with zero attached hydrogens (tertiary/aromatic N) is 2. The molecule has 0 saturated carbocycles. The van der Waals surface area contributed by atoms with Crippen molar-refractivity contribution >= 4 is 27.8 Å². The second-order valence-electron chi connectivity index (χ2n) is 3.93. The number of fused-ring (bicyclic) bond motifs is 2. The molecule has 0 aliphatic heterocycles. The van der Waals surface area contributed by atoms with Crippen molar-refractivity contribution in [2.24, 2.45) is 0 Å². The molecule has 0 bridgehead atoms. The fourth-order valence-electron chi connectivity index (χ4n) is 1.83. The van der Waals surface area contributed by atoms with Crippen LogP contribution in [0.4, 0.5) is 5.69 Å². The minimum Gasteiger partial charge on any atom is -0.397 e. The molecule has 16 heavy (non-hydrogen) atoms. The van der Waals surface area contributed by atoms with E-state index in [9.17, 15) is 0 Å². The van der Waals surface area contributed by atoms with Gasteiger partial charge in [0.1, 0.15) is 5.52 Å². The Labute approximate surface area is 92.9 Å². The Balaban J connectivity index is 2.49. The summed E-state index contributed by atoms with van der Waals surface area (Å²) in [6.07, 6.45) is 0. The van der Waals surface area contributed by atoms with E-state index < -0.39 is 0 Å². The predicted octanol–water partition coefficient (Wildman–Crippen LogP) is 2.67. The zero-order valence-corrected chi connectivity index (χ0v) is 8.94. The number of aromatic nitrogens is 2. The van der Waals surface area contributed by atoms with E-state index in [2.05, 4.69) is 9.97 Å². The van der Waals surface area contributed by atoms with Crippen molar-refractivity contribution in [1.82, 2.24) is 9.97 Å². The molecule has 0 spiro atoms. The first-order valence-electron chi connectivity index (χ1n) is 5.17. The van der Waals surface area contributed by atoms with Crippen LogP contribution >= 0.6 is 0 Å². The highest BCUT2D eigenvalue weighted by atomic mass is 14.8. The lowest BCUT2D eigenvalue weighted by molar-refractivity contribution is 1.37. The molecule has 1 aromatic heterocycles. The summed E-state index contributed by atoms with van der Waals surface area (Å²) in [4.78, 5) is 9.09. The van der Waals surface area contributed by atoms with Gasteiger partial charge in [0.25, 0.3) is 0 Å². The molecule has 0 atom stereocenters. The molecule has 0 unspecified atom stereocenters. The maximum absolute atomic E-state index is 5.87. The van der Waals surface area contributed by atoms with Gasteiger partial charge in [0.2, 0.25) is 0 Å². The van der Waals surface area contributed by atoms with Crippen LogP contribution in [-0.4, -0.2) is 9.97 Å². The number of rotatable bonds is 0. The van der Waals surface area contributed by atoms with E-state index in [-0.39, 0.29) is 0 Å². The van der Waals surface area contributed by atoms with Crippen molar-refractivity contribution in [3.05, 3.63) is 42.0 Å². The maximum Gasteiger partial charge on any atom is 0.112 e. The van der Waals surface area contributed by atoms with E-state index in [1.807, 2.05) is 43.3 Å². The highest BCUT2D eigenvalue weighted by Gasteiger charge is 2.03. The molecule has 2 N–H and O–H groups in total. The number of hydrogen-bond acceptors (Lipinski definition) is 3. The molecule has 78 valence electrons. The van der Waals surface area contributed by atoms with E-state index in [0.29, 0.717) is 5.69 Å². The molecule has 0 aliphatic rings. The van der Waals surface area contributed by atoms with E-state index in [4.69, 9.17) is 5.73 Å². The Morgan fingerprint density at radius 2 is 1.81 bits per heavy atom. The fourth-order valence-corrected chi connectivity index (χ4v) is 1.83. The molecule has 3 rings (SSSR count). The highest BCUT2D eigenvalue weighted by molar-refractivity contribution is 5.92. The van der Waals surface area contributed by atoms with E-state index in [0.717, 1.165) is 22.1 Å². The molecule has 0 saturated heterocycles. The molecule has 3 heteroatoms. The van der Waals surface area contributed by atoms with Crippen LogP contribution in [-0.2, 0) is 0 Å². The minimum atomic E-state index is 0.674. The van der Waals surface area contributed by atoms with Gasteiger partial charge in [-0.15, -0.1) is 0 Å². The standard InChI is InChI=1S/C13H11N3/c1-8-5-6-10-12(7-8)15-11-4-2-3-9(14)13(11)16-10/h2-7H,14H2,1H3. The second-order valence-corrected chi connectivity index (χ2v) is 3.93. The molecule has 2 aromatic carbocycles. The van der Waals surface area contributed by atoms with Gasteiger partial charge >= 0.3 is 0 Å². The summed E-state index contributed by atoms with van der Waals surface area (Å²) in [5.74, 6) is 0. The van der Waals surface area contributed by atoms with Gasteiger partial charge in [0, 0.05) is 0 Å². The summed E-state index contributed by atoms with van der Waals surface area (Å²) in [6, 6.07) is 11.7. The lowest BCUT2D eigenvalue weighted by Gasteiger charge is -2.03. The Morgan fingerprint density at radius 1 is 0.938 bits per heavy atom. The van der Waals surface area contributed by atoms with Crippen molar-refractivity contribution in [2.45, 2.75) is 6.92 Å². The Hall–Kier alpha value is -2.16. The van der Waals surface area contributed by atoms with Crippen LogP contribution in [0.2, 0.25) is 0 Å². The summed E-state index contributed by atoms with van der Waals surface area (Å²) < 4.78 is 0. The van der Waals surface area contributed by atoms with E-state index in [1.54, 1.807) is 0 Å². The number of hydrogen-bond donors (Lipinski definition) is 1. The van der Waals surface area contributed by atoms with E-state index >= 15 is 0 Å². The Bertz CT molecular complexity index is 688. The fraction of sp³-hybridized carbons (Fsp3) is 0.0769. The molecule has 0 amide bonds. The maximum atomic E-state index is 5.87. The average molecular weight is 209 g/mol. The zero-order chi connectivity index (χ0) is 11.1. The summed E-state index contributed by atoms with van der Waals surface area (Å²) >= 11 is 0. The monoisotopic (exact) mass is 209 g/mol. The molecule has 0 radical (unpaired) electrons. The number of benzene rings is 2. The summed E-state index contributed by atoms with van der Waals surface area (Å²) in [7, 11) is 0. The van der Waals surface area contributed by atoms with Gasteiger partial charge in [0.05, 0.1) is 22.2 Å². The molecule has 3 aromatic rings. The van der Waals surface area contributed by atoms with Gasteiger partial charge in [-0.05, 0) is 36.8 Å². The molecule has 0 aliphatic carbocycles. The molecule has 0 fully saturated rings. The number of nitrogens with two attached hydrogens (primary N) is 1. The molecule has 3 nitrogen and oxygen atoms in total. The molecule has 1 heterocycles. The van der Waals surface area contributed by atoms with Crippen molar-refractivity contribution in [1.29, 1.82) is 0 Å². The topological polar surface area (TPSA) is 51.8 Å². The molecular weight excluding hydrogens is 198 g/mol. The number of aryl methyl sites for hydroxylation is 1. The van der Waals surface area contributed by atoms with Crippen LogP contribution in [0.15, 0.2) is 36.4 Å². The predicted molar refractivity (Wildman–Crippen MR) is 66.2 cm³/mol. The minimum absolute atomic E-state index is 0.674. The largest absolute Gasteiger partial charge is 0.397 e. The first-order valence-corrected chi connectivity index (χ1v) is 5.17. The average Bonchev–Trinajstić information content (AvgIpc) is 2.27. The SMILES string of the molecule is Cc1ccc2nc3c(N)cccc3nc2c1. The lowest BCUT2D eigenvalue weighted by atomic mass is 10.2. The van der Waals surface area contributed by atoms with Gasteiger partial charge in [-0.1, -0.05) is 12.1 Å². The van der Waals surface area contributed by atoms with Crippen LogP contribution < -0.4 is 5.73 Å². The first-order chi connectivity index (χ1) is 7.74. The third kappa shape index (κ3) is 1.29. The summed E-state index contributed by atoms with van der Waals surface area (Å²) in [5, 5.41) is 0. The van der Waals surface area contributed by atoms with Crippen molar-refractivity contribution in [3.8, 4) is 0 Å². The van der Waals surface area contributed by atoms with Crippen molar-refractivity contribution < 1.29 is 0 Å². The van der Waals surface area contributed by atoms with Crippen molar-refractivity contribution in [2.75, 3.05) is 5.73 Å². The van der Waals surface area contributed by atoms with Crippen LogP contribution in [0.3, 0.4) is 0 Å². The van der Waals surface area contributed by atoms with Crippen molar-refractivity contribution in [3.63, 3.8) is 0 Å². The zero-order valence-electron chi connectivity index (χ0n) is 8.94. The second kappa shape index (κ2) is 3.17. The van der Waals surface area contributed by atoms with Crippen LogP contribution in [0, 0.1) is 6.92 Å². The lowest BCUT2D eigenvalue weighted by Crippen LogP contribution is -1.93. The third-order valence-corrected chi connectivity index (χ3v) is 2.65. The first kappa shape index (κ1) is 9.09. The third-order valence-electron chi connectivity index (χ3n) is 2.65. The Morgan fingerprint density at radius 3 is 2.69 bits per heavy atom. The van der Waals surface area contributed by atoms with Gasteiger partial charge in [-0.2, -0.15) is 0 Å². The highest BCUT2D eigenvalue weighted by Crippen LogP contribution is 2.21. The summed E-state index contributed by atoms with van der Waals surface area (Å²) in [6.45, 7) is 2.05. The van der Waals surface area contributed by atoms with Crippen LogP contribution in [0.25, 0.3) is 22.1 Å². The number of para-hydroxylation sites is 1. The van der Waals surface area contributed by atoms with Gasteiger partial charge in [-0.3, -0.25) is 0 Å². The number of anilines is 1. The van der Waals surface area contributed by atoms with E-state index in [1.165, 1.54) is 5.56 Å². The Kier molecular flexibility index (Phi) is 1.80. The van der Waals surface area contributed by atoms with Gasteiger partial charge in [0.15, 0.2) is 0 Å². The van der Waals surface area contributed by atoms with Gasteiger partial charge < -0.3 is 5.73 Å². The van der Waals surface area contributed by atoms with Gasteiger partial charge in [-0.25, -0.2) is 9.97 Å². The van der Waals surface area contributed by atoms with Crippen LogP contribution in [0.5, 0.6) is 0 Å². The molecular formula is C13H11N3. The summed E-state index contributed by atoms with van der Waals surface area (Å²) in [5.41, 5.74) is 11.2. The normalized spacial score (nSPS) is 11.1. The van der Waals surface area contributed by atoms with Crippen LogP contribution in [0.1, 0.15) is 5.56 Å². The quantitative estimate of drug-likeness (QED) is 0.457.